The standard InChI is InChI=1S/C13H16N2O2/c14-12(16)11(9-5-2-1-3-6-9)15-13(17)10-7-4-8-10/h1-3,5-6,10-11H,4,7-8H2,(H2,14,16)(H,15,17). The molecule has 17 heavy (non-hydrogen) atoms. The summed E-state index contributed by atoms with van der Waals surface area (Å²) in [6.45, 7) is 0. The van der Waals surface area contributed by atoms with Crippen LogP contribution >= 0.6 is 0 Å². The summed E-state index contributed by atoms with van der Waals surface area (Å²) >= 11 is 0. The van der Waals surface area contributed by atoms with Crippen LogP contribution in [-0.2, 0) is 9.59 Å². The van der Waals surface area contributed by atoms with E-state index in [4.69, 9.17) is 5.73 Å². The molecule has 1 fully saturated rings. The summed E-state index contributed by atoms with van der Waals surface area (Å²) in [6.07, 6.45) is 2.91. The summed E-state index contributed by atoms with van der Waals surface area (Å²) in [5.74, 6) is -0.534. The fraction of sp³-hybridized carbons (Fsp3) is 0.385. The second-order valence-electron chi connectivity index (χ2n) is 4.38. The highest BCUT2D eigenvalue weighted by atomic mass is 16.2. The molecular formula is C13H16N2O2. The Balaban J connectivity index is 2.07. The molecular weight excluding hydrogens is 216 g/mol. The lowest BCUT2D eigenvalue weighted by molar-refractivity contribution is -0.131. The van der Waals surface area contributed by atoms with E-state index in [9.17, 15) is 9.59 Å². The number of hydrogen-bond acceptors (Lipinski definition) is 2. The van der Waals surface area contributed by atoms with Gasteiger partial charge in [0.15, 0.2) is 0 Å². The van der Waals surface area contributed by atoms with Crippen LogP contribution in [-0.4, -0.2) is 11.8 Å². The van der Waals surface area contributed by atoms with Gasteiger partial charge >= 0.3 is 0 Å². The zero-order chi connectivity index (χ0) is 12.3. The van der Waals surface area contributed by atoms with Gasteiger partial charge in [0.05, 0.1) is 0 Å². The van der Waals surface area contributed by atoms with E-state index < -0.39 is 11.9 Å². The molecule has 0 heterocycles. The second-order valence-corrected chi connectivity index (χ2v) is 4.38. The molecule has 1 unspecified atom stereocenters. The fourth-order valence-electron chi connectivity index (χ4n) is 1.89. The van der Waals surface area contributed by atoms with Crippen molar-refractivity contribution >= 4 is 11.8 Å². The number of carbonyl (C=O) groups excluding carboxylic acids is 2. The maximum absolute atomic E-state index is 11.8. The number of hydrogen-bond donors (Lipinski definition) is 2. The summed E-state index contributed by atoms with van der Waals surface area (Å²) < 4.78 is 0. The maximum atomic E-state index is 11.8. The summed E-state index contributed by atoms with van der Waals surface area (Å²) in [5, 5.41) is 2.72. The predicted molar refractivity (Wildman–Crippen MR) is 63.9 cm³/mol. The molecule has 3 N–H and O–H groups in total. The second kappa shape index (κ2) is 4.99. The molecule has 90 valence electrons. The van der Waals surface area contributed by atoms with Gasteiger partial charge in [0, 0.05) is 5.92 Å². The predicted octanol–water partition coefficient (Wildman–Crippen LogP) is 1.13. The minimum absolute atomic E-state index is 0.0561. The summed E-state index contributed by atoms with van der Waals surface area (Å²) in [4.78, 5) is 23.2. The third-order valence-corrected chi connectivity index (χ3v) is 3.18. The normalized spacial score (nSPS) is 16.9. The summed E-state index contributed by atoms with van der Waals surface area (Å²) in [6, 6.07) is 8.35. The van der Waals surface area contributed by atoms with Crippen LogP contribution in [0.25, 0.3) is 0 Å². The van der Waals surface area contributed by atoms with Crippen LogP contribution in [0.4, 0.5) is 0 Å². The molecule has 0 aromatic heterocycles. The first-order valence-electron chi connectivity index (χ1n) is 5.83. The minimum Gasteiger partial charge on any atom is -0.368 e. The SMILES string of the molecule is NC(=O)C(NC(=O)C1CCC1)c1ccccc1. The van der Waals surface area contributed by atoms with Gasteiger partial charge in [0.25, 0.3) is 0 Å². The molecule has 0 aliphatic heterocycles. The number of nitrogens with two attached hydrogens (primary N) is 1. The third-order valence-electron chi connectivity index (χ3n) is 3.18. The van der Waals surface area contributed by atoms with Gasteiger partial charge in [-0.15, -0.1) is 0 Å². The van der Waals surface area contributed by atoms with Crippen molar-refractivity contribution in [1.29, 1.82) is 0 Å². The average molecular weight is 232 g/mol. The highest BCUT2D eigenvalue weighted by Crippen LogP contribution is 2.27. The number of benzene rings is 1. The van der Waals surface area contributed by atoms with Crippen LogP contribution in [0.15, 0.2) is 30.3 Å². The highest BCUT2D eigenvalue weighted by Gasteiger charge is 2.28. The van der Waals surface area contributed by atoms with Gasteiger partial charge in [0.2, 0.25) is 11.8 Å². The first kappa shape index (κ1) is 11.6. The lowest BCUT2D eigenvalue weighted by atomic mass is 9.84. The van der Waals surface area contributed by atoms with E-state index in [1.165, 1.54) is 0 Å². The molecule has 2 amide bonds. The van der Waals surface area contributed by atoms with Gasteiger partial charge in [-0.3, -0.25) is 9.59 Å². The fourth-order valence-corrected chi connectivity index (χ4v) is 1.89. The molecule has 1 aromatic carbocycles. The largest absolute Gasteiger partial charge is 0.368 e. The third kappa shape index (κ3) is 2.64. The molecule has 0 bridgehead atoms. The average Bonchev–Trinajstić information content (AvgIpc) is 2.24. The Morgan fingerprint density at radius 2 is 1.88 bits per heavy atom. The zero-order valence-electron chi connectivity index (χ0n) is 9.56. The van der Waals surface area contributed by atoms with Crippen molar-refractivity contribution in [1.82, 2.24) is 5.32 Å². The number of carbonyl (C=O) groups is 2. The Labute approximate surface area is 100 Å². The molecule has 1 aliphatic carbocycles. The molecule has 0 saturated heterocycles. The van der Waals surface area contributed by atoms with Crippen LogP contribution in [0.5, 0.6) is 0 Å². The van der Waals surface area contributed by atoms with Gasteiger partial charge in [-0.2, -0.15) is 0 Å². The Morgan fingerprint density at radius 3 is 2.35 bits per heavy atom. The first-order valence-corrected chi connectivity index (χ1v) is 5.83. The number of rotatable bonds is 4. The van der Waals surface area contributed by atoms with Crippen LogP contribution in [0.1, 0.15) is 30.9 Å². The smallest absolute Gasteiger partial charge is 0.244 e. The van der Waals surface area contributed by atoms with E-state index in [0.717, 1.165) is 24.8 Å². The first-order chi connectivity index (χ1) is 8.18. The number of amides is 2. The van der Waals surface area contributed by atoms with Crippen LogP contribution in [0, 0.1) is 5.92 Å². The van der Waals surface area contributed by atoms with Crippen molar-refractivity contribution < 1.29 is 9.59 Å². The van der Waals surface area contributed by atoms with Crippen molar-refractivity contribution in [3.63, 3.8) is 0 Å². The van der Waals surface area contributed by atoms with E-state index in [1.54, 1.807) is 12.1 Å². The Hall–Kier alpha value is -1.84. The molecule has 2 rings (SSSR count). The van der Waals surface area contributed by atoms with Gasteiger partial charge in [-0.1, -0.05) is 36.8 Å². The number of primary amides is 1. The molecule has 1 atom stereocenters. The van der Waals surface area contributed by atoms with E-state index in [-0.39, 0.29) is 11.8 Å². The Kier molecular flexibility index (Phi) is 3.42. The van der Waals surface area contributed by atoms with Gasteiger partial charge in [-0.05, 0) is 18.4 Å². The van der Waals surface area contributed by atoms with E-state index in [2.05, 4.69) is 5.32 Å². The quantitative estimate of drug-likeness (QED) is 0.816. The molecule has 4 heteroatoms. The van der Waals surface area contributed by atoms with Crippen molar-refractivity contribution in [3.8, 4) is 0 Å². The molecule has 4 nitrogen and oxygen atoms in total. The van der Waals surface area contributed by atoms with Gasteiger partial charge in [0.1, 0.15) is 6.04 Å². The summed E-state index contributed by atoms with van der Waals surface area (Å²) in [5.41, 5.74) is 6.05. The number of nitrogens with one attached hydrogen (secondary N) is 1. The molecule has 1 aromatic rings. The molecule has 1 aliphatic rings. The maximum Gasteiger partial charge on any atom is 0.244 e. The molecule has 1 saturated carbocycles. The van der Waals surface area contributed by atoms with E-state index >= 15 is 0 Å². The van der Waals surface area contributed by atoms with Gasteiger partial charge < -0.3 is 11.1 Å². The van der Waals surface area contributed by atoms with E-state index in [0.29, 0.717) is 0 Å². The van der Waals surface area contributed by atoms with Crippen molar-refractivity contribution in [3.05, 3.63) is 35.9 Å². The topological polar surface area (TPSA) is 72.2 Å². The lowest BCUT2D eigenvalue weighted by Gasteiger charge is -2.26. The van der Waals surface area contributed by atoms with Crippen LogP contribution < -0.4 is 11.1 Å². The zero-order valence-corrected chi connectivity index (χ0v) is 9.56. The van der Waals surface area contributed by atoms with Crippen molar-refractivity contribution in [2.24, 2.45) is 11.7 Å². The monoisotopic (exact) mass is 232 g/mol. The van der Waals surface area contributed by atoms with E-state index in [1.807, 2.05) is 18.2 Å². The van der Waals surface area contributed by atoms with Crippen molar-refractivity contribution in [2.45, 2.75) is 25.3 Å². The van der Waals surface area contributed by atoms with Gasteiger partial charge in [-0.25, -0.2) is 0 Å². The highest BCUT2D eigenvalue weighted by molar-refractivity contribution is 5.88. The Bertz CT molecular complexity index is 413. The molecule has 0 radical (unpaired) electrons. The lowest BCUT2D eigenvalue weighted by Crippen LogP contribution is -2.42. The molecule has 0 spiro atoms. The minimum atomic E-state index is -0.718. The Morgan fingerprint density at radius 1 is 1.24 bits per heavy atom. The van der Waals surface area contributed by atoms with Crippen LogP contribution in [0.2, 0.25) is 0 Å². The van der Waals surface area contributed by atoms with Crippen LogP contribution in [0.3, 0.4) is 0 Å². The van der Waals surface area contributed by atoms with Crippen molar-refractivity contribution in [2.75, 3.05) is 0 Å². The summed E-state index contributed by atoms with van der Waals surface area (Å²) in [7, 11) is 0.